The Kier molecular flexibility index (Phi) is 11.8. The maximum absolute atomic E-state index is 13.7. The summed E-state index contributed by atoms with van der Waals surface area (Å²) in [6.07, 6.45) is 3.58. The quantitative estimate of drug-likeness (QED) is 0.299. The third kappa shape index (κ3) is 9.33. The number of hydrogen-bond donors (Lipinski definition) is 1. The molecule has 1 N–H and O–H groups in total. The van der Waals surface area contributed by atoms with Crippen LogP contribution in [-0.2, 0) is 25.5 Å². The summed E-state index contributed by atoms with van der Waals surface area (Å²) in [5.41, 5.74) is 2.77. The normalized spacial score (nSPS) is 16.0. The van der Waals surface area contributed by atoms with Crippen LogP contribution in [-0.4, -0.2) is 67.3 Å². The molecule has 1 saturated heterocycles. The van der Waals surface area contributed by atoms with E-state index in [0.29, 0.717) is 56.9 Å². The van der Waals surface area contributed by atoms with Gasteiger partial charge in [0.05, 0.1) is 21.1 Å². The van der Waals surface area contributed by atoms with Gasteiger partial charge in [0.2, 0.25) is 5.91 Å². The fourth-order valence-electron chi connectivity index (χ4n) is 5.10. The minimum absolute atomic E-state index is 0.0305. The van der Waals surface area contributed by atoms with Crippen LogP contribution in [0.1, 0.15) is 75.8 Å². The molecule has 8 heteroatoms. The number of ether oxygens (including phenoxy) is 1. The first-order valence-electron chi connectivity index (χ1n) is 14.2. The Morgan fingerprint density at radius 3 is 2.56 bits per heavy atom. The van der Waals surface area contributed by atoms with Gasteiger partial charge in [0.15, 0.2) is 5.78 Å². The van der Waals surface area contributed by atoms with Gasteiger partial charge < -0.3 is 15.0 Å². The molecule has 0 unspecified atom stereocenters. The number of ketones is 2. The number of Topliss-reactive ketones (excluding diaryl/α,β-unsaturated/α-hetero) is 2. The van der Waals surface area contributed by atoms with Gasteiger partial charge in [-0.05, 0) is 62.9 Å². The van der Waals surface area contributed by atoms with E-state index < -0.39 is 5.92 Å². The number of benzene rings is 1. The molecular formula is C31H45N3O4S. The fraction of sp³-hybridized carbons (Fsp3) is 0.613. The van der Waals surface area contributed by atoms with Crippen LogP contribution >= 0.6 is 11.3 Å². The number of aromatic nitrogens is 1. The largest absolute Gasteiger partial charge is 0.381 e. The number of carbonyl (C=O) groups is 3. The molecule has 39 heavy (non-hydrogen) atoms. The van der Waals surface area contributed by atoms with Crippen molar-refractivity contribution >= 4 is 39.0 Å². The highest BCUT2D eigenvalue weighted by Gasteiger charge is 2.30. The van der Waals surface area contributed by atoms with Gasteiger partial charge >= 0.3 is 0 Å². The first-order chi connectivity index (χ1) is 18.6. The zero-order valence-corrected chi connectivity index (χ0v) is 25.1. The molecule has 0 aliphatic carbocycles. The standard InChI is InChI=1S/C31H45N3O4S/c1-7-25(35)16-24(18-30-32-27-9-8-23(20(2)3)17-29(27)39-30)31(37)33-26(22-12-14-38-15-13-22)10-11-28(36)21(4)19-34(5)6/h8-9,17,20,22,24,26H,4,7,10-16,18-19H2,1-3,5-6H3,(H,33,37)/t24-,26+/m0/s1. The molecule has 1 aliphatic heterocycles. The van der Waals surface area contributed by atoms with Crippen LogP contribution in [0.25, 0.3) is 10.2 Å². The van der Waals surface area contributed by atoms with Crippen molar-refractivity contribution in [3.05, 3.63) is 40.9 Å². The Morgan fingerprint density at radius 2 is 1.92 bits per heavy atom. The summed E-state index contributed by atoms with van der Waals surface area (Å²) in [5, 5.41) is 4.14. The van der Waals surface area contributed by atoms with Crippen molar-refractivity contribution in [2.45, 2.75) is 77.7 Å². The number of rotatable bonds is 15. The maximum Gasteiger partial charge on any atom is 0.224 e. The second kappa shape index (κ2) is 14.8. The lowest BCUT2D eigenvalue weighted by molar-refractivity contribution is -0.130. The fourth-order valence-corrected chi connectivity index (χ4v) is 6.20. The van der Waals surface area contributed by atoms with Crippen LogP contribution in [0.2, 0.25) is 0 Å². The minimum Gasteiger partial charge on any atom is -0.381 e. The van der Waals surface area contributed by atoms with Crippen LogP contribution in [0.5, 0.6) is 0 Å². The first-order valence-corrected chi connectivity index (χ1v) is 15.0. The summed E-state index contributed by atoms with van der Waals surface area (Å²) in [6, 6.07) is 6.17. The molecule has 1 amide bonds. The summed E-state index contributed by atoms with van der Waals surface area (Å²) in [7, 11) is 3.83. The van der Waals surface area contributed by atoms with Crippen molar-refractivity contribution in [3.8, 4) is 0 Å². The number of nitrogens with one attached hydrogen (secondary N) is 1. The van der Waals surface area contributed by atoms with Crippen molar-refractivity contribution in [3.63, 3.8) is 0 Å². The number of hydrogen-bond acceptors (Lipinski definition) is 7. The smallest absolute Gasteiger partial charge is 0.224 e. The molecule has 0 bridgehead atoms. The maximum atomic E-state index is 13.7. The van der Waals surface area contributed by atoms with Gasteiger partial charge in [-0.2, -0.15) is 0 Å². The highest BCUT2D eigenvalue weighted by Crippen LogP contribution is 2.29. The Hall–Kier alpha value is -2.42. The number of nitrogens with zero attached hydrogens (tertiary/aromatic N) is 2. The zero-order valence-electron chi connectivity index (χ0n) is 24.3. The van der Waals surface area contributed by atoms with E-state index in [1.165, 1.54) is 5.56 Å². The molecule has 2 heterocycles. The predicted octanol–water partition coefficient (Wildman–Crippen LogP) is 5.33. The third-order valence-electron chi connectivity index (χ3n) is 7.53. The molecule has 214 valence electrons. The van der Waals surface area contributed by atoms with Crippen molar-refractivity contribution in [2.24, 2.45) is 11.8 Å². The highest BCUT2D eigenvalue weighted by molar-refractivity contribution is 7.18. The van der Waals surface area contributed by atoms with Gasteiger partial charge in [0.25, 0.3) is 0 Å². The van der Waals surface area contributed by atoms with Gasteiger partial charge in [0, 0.05) is 57.1 Å². The summed E-state index contributed by atoms with van der Waals surface area (Å²) >= 11 is 1.60. The van der Waals surface area contributed by atoms with E-state index in [2.05, 4.69) is 37.9 Å². The Morgan fingerprint density at radius 1 is 1.21 bits per heavy atom. The van der Waals surface area contributed by atoms with E-state index in [0.717, 1.165) is 28.1 Å². The van der Waals surface area contributed by atoms with Gasteiger partial charge in [-0.1, -0.05) is 33.4 Å². The average Bonchev–Trinajstić information content (AvgIpc) is 3.31. The topological polar surface area (TPSA) is 88.6 Å². The van der Waals surface area contributed by atoms with Crippen LogP contribution in [0.4, 0.5) is 0 Å². The lowest BCUT2D eigenvalue weighted by atomic mass is 9.87. The molecule has 1 aromatic heterocycles. The van der Waals surface area contributed by atoms with Crippen molar-refractivity contribution in [1.82, 2.24) is 15.2 Å². The van der Waals surface area contributed by atoms with Crippen molar-refractivity contribution < 1.29 is 19.1 Å². The van der Waals surface area contributed by atoms with E-state index in [4.69, 9.17) is 9.72 Å². The molecule has 2 aromatic rings. The van der Waals surface area contributed by atoms with E-state index in [9.17, 15) is 14.4 Å². The van der Waals surface area contributed by atoms with E-state index in [1.54, 1.807) is 11.3 Å². The average molecular weight is 556 g/mol. The second-order valence-electron chi connectivity index (χ2n) is 11.4. The van der Waals surface area contributed by atoms with Gasteiger partial charge in [-0.15, -0.1) is 11.3 Å². The lowest BCUT2D eigenvalue weighted by Crippen LogP contribution is -2.45. The van der Waals surface area contributed by atoms with Crippen LogP contribution < -0.4 is 5.32 Å². The number of fused-ring (bicyclic) bond motifs is 1. The third-order valence-corrected chi connectivity index (χ3v) is 8.57. The summed E-state index contributed by atoms with van der Waals surface area (Å²) in [4.78, 5) is 45.7. The van der Waals surface area contributed by atoms with Gasteiger partial charge in [-0.25, -0.2) is 4.98 Å². The van der Waals surface area contributed by atoms with Crippen LogP contribution in [0.3, 0.4) is 0 Å². The van der Waals surface area contributed by atoms with E-state index in [1.807, 2.05) is 32.0 Å². The monoisotopic (exact) mass is 555 g/mol. The molecule has 0 saturated carbocycles. The molecular weight excluding hydrogens is 510 g/mol. The second-order valence-corrected chi connectivity index (χ2v) is 12.5. The minimum atomic E-state index is -0.496. The van der Waals surface area contributed by atoms with Crippen molar-refractivity contribution in [1.29, 1.82) is 0 Å². The summed E-state index contributed by atoms with van der Waals surface area (Å²) in [5.74, 6) is 0.130. The molecule has 2 atom stereocenters. The molecule has 1 fully saturated rings. The molecule has 1 aromatic carbocycles. The van der Waals surface area contributed by atoms with E-state index in [-0.39, 0.29) is 35.9 Å². The van der Waals surface area contributed by atoms with Crippen LogP contribution in [0.15, 0.2) is 30.4 Å². The van der Waals surface area contributed by atoms with Gasteiger partial charge in [-0.3, -0.25) is 14.4 Å². The molecule has 0 spiro atoms. The summed E-state index contributed by atoms with van der Waals surface area (Å²) in [6.45, 7) is 12.0. The Bertz CT molecular complexity index is 1150. The molecule has 1 aliphatic rings. The van der Waals surface area contributed by atoms with E-state index >= 15 is 0 Å². The zero-order chi connectivity index (χ0) is 28.5. The Labute approximate surface area is 237 Å². The number of amides is 1. The molecule has 0 radical (unpaired) electrons. The first kappa shape index (κ1) is 31.1. The number of likely N-dealkylation sites (N-methyl/N-ethyl adjacent to an activating group) is 1. The van der Waals surface area contributed by atoms with Gasteiger partial charge in [0.1, 0.15) is 5.78 Å². The predicted molar refractivity (Wildman–Crippen MR) is 158 cm³/mol. The SMILES string of the molecule is C=C(CN(C)C)C(=O)CC[C@@H](NC(=O)[C@@H](CC(=O)CC)Cc1nc2ccc(C(C)C)cc2s1)C1CCOCC1. The lowest BCUT2D eigenvalue weighted by Gasteiger charge is -2.32. The van der Waals surface area contributed by atoms with Crippen LogP contribution in [0, 0.1) is 11.8 Å². The van der Waals surface area contributed by atoms with Crippen molar-refractivity contribution in [2.75, 3.05) is 33.9 Å². The summed E-state index contributed by atoms with van der Waals surface area (Å²) < 4.78 is 6.66. The number of carbonyl (C=O) groups excluding carboxylic acids is 3. The highest BCUT2D eigenvalue weighted by atomic mass is 32.1. The molecule has 7 nitrogen and oxygen atoms in total. The Balaban J connectivity index is 1.76. The number of thiazole rings is 1. The molecule has 3 rings (SSSR count).